The van der Waals surface area contributed by atoms with Crippen molar-refractivity contribution in [2.45, 2.75) is 110 Å². The minimum Gasteiger partial charge on any atom is -0.501 e. The Labute approximate surface area is 184 Å². The Morgan fingerprint density at radius 1 is 1.13 bits per heavy atom. The molecule has 30 heavy (non-hydrogen) atoms. The van der Waals surface area contributed by atoms with E-state index in [2.05, 4.69) is 26.8 Å². The third-order valence-corrected chi connectivity index (χ3v) is 10.5. The molecule has 0 aromatic heterocycles. The molecule has 0 spiro atoms. The van der Waals surface area contributed by atoms with Gasteiger partial charge < -0.3 is 9.84 Å². The van der Waals surface area contributed by atoms with Crippen molar-refractivity contribution >= 4 is 5.78 Å². The fourth-order valence-corrected chi connectivity index (χ4v) is 8.66. The van der Waals surface area contributed by atoms with E-state index in [-0.39, 0.29) is 11.2 Å². The summed E-state index contributed by atoms with van der Waals surface area (Å²) in [6, 6.07) is 0. The van der Waals surface area contributed by atoms with E-state index in [1.807, 2.05) is 0 Å². The number of methoxy groups -OCH3 is 1. The third kappa shape index (κ3) is 3.48. The first kappa shape index (κ1) is 22.4. The first-order valence-corrected chi connectivity index (χ1v) is 12.7. The van der Waals surface area contributed by atoms with Gasteiger partial charge in [0, 0.05) is 24.7 Å². The van der Waals surface area contributed by atoms with Gasteiger partial charge in [0.25, 0.3) is 0 Å². The Balaban J connectivity index is 1.45. The Hall–Kier alpha value is -0.830. The first-order valence-electron chi connectivity index (χ1n) is 12.7. The van der Waals surface area contributed by atoms with Gasteiger partial charge in [-0.3, -0.25) is 4.79 Å². The molecule has 0 heterocycles. The summed E-state index contributed by atoms with van der Waals surface area (Å²) in [5, 5.41) is 11.5. The van der Waals surface area contributed by atoms with Crippen LogP contribution in [0.2, 0.25) is 0 Å². The van der Waals surface area contributed by atoms with E-state index >= 15 is 0 Å². The predicted molar refractivity (Wildman–Crippen MR) is 121 cm³/mol. The molecule has 3 heteroatoms. The molecule has 6 unspecified atom stereocenters. The number of ketones is 1. The topological polar surface area (TPSA) is 46.5 Å². The summed E-state index contributed by atoms with van der Waals surface area (Å²) in [5.74, 6) is 4.45. The molecule has 0 aromatic carbocycles. The highest BCUT2D eigenvalue weighted by molar-refractivity contribution is 5.80. The summed E-state index contributed by atoms with van der Waals surface area (Å²) in [6.45, 7) is 7.10. The van der Waals surface area contributed by atoms with Crippen molar-refractivity contribution in [3.05, 3.63) is 11.8 Å². The van der Waals surface area contributed by atoms with Crippen molar-refractivity contribution in [3.8, 4) is 0 Å². The number of hydrogen-bond donors (Lipinski definition) is 1. The number of fused-ring (bicyclic) bond motifs is 5. The summed E-state index contributed by atoms with van der Waals surface area (Å²) < 4.78 is 5.55. The average molecular weight is 417 g/mol. The molecular formula is C27H44O3. The maximum absolute atomic E-state index is 12.1. The highest BCUT2D eigenvalue weighted by Gasteiger charge is 2.64. The van der Waals surface area contributed by atoms with Crippen LogP contribution in [0.1, 0.15) is 104 Å². The molecule has 0 saturated heterocycles. The normalized spacial score (nSPS) is 46.2. The zero-order chi connectivity index (χ0) is 21.6. The number of aliphatic hydroxyl groups is 1. The van der Waals surface area contributed by atoms with Gasteiger partial charge in [0.05, 0.1) is 18.5 Å². The zero-order valence-corrected chi connectivity index (χ0v) is 19.8. The largest absolute Gasteiger partial charge is 0.501 e. The number of hydrogen-bond acceptors (Lipinski definition) is 3. The SMILES string of the molecule is CC/C=C(\CCCC1CCC2C3CC[C@@]4(O)CC(=O)CCC4(C)C3CCC12C)OC. The number of Topliss-reactive ketones (excluding diaryl/α,β-unsaturated/α-hetero) is 1. The molecule has 4 fully saturated rings. The van der Waals surface area contributed by atoms with Crippen molar-refractivity contribution < 1.29 is 14.6 Å². The highest BCUT2D eigenvalue weighted by Crippen LogP contribution is 2.68. The van der Waals surface area contributed by atoms with Crippen molar-refractivity contribution in [2.24, 2.45) is 34.5 Å². The van der Waals surface area contributed by atoms with Crippen LogP contribution in [0.3, 0.4) is 0 Å². The van der Waals surface area contributed by atoms with Crippen molar-refractivity contribution in [1.29, 1.82) is 0 Å². The smallest absolute Gasteiger partial charge is 0.135 e. The molecule has 0 amide bonds. The average Bonchev–Trinajstić information content (AvgIpc) is 3.05. The molecule has 4 aliphatic rings. The lowest BCUT2D eigenvalue weighted by Gasteiger charge is -2.63. The van der Waals surface area contributed by atoms with E-state index in [1.54, 1.807) is 7.11 Å². The van der Waals surface area contributed by atoms with Crippen LogP contribution in [-0.4, -0.2) is 23.6 Å². The summed E-state index contributed by atoms with van der Waals surface area (Å²) in [5.41, 5.74) is -0.321. The standard InChI is InChI=1S/C27H44O3/c1-5-7-21(30-4)9-6-8-19-10-11-23-22-13-17-27(29)18-20(28)12-16-26(27,3)24(22)14-15-25(19,23)2/h7,19,22-24,29H,5-6,8-18H2,1-4H3/b21-7+/t19?,22?,23?,24?,25?,26?,27-/m1/s1. The van der Waals surface area contributed by atoms with Gasteiger partial charge >= 0.3 is 0 Å². The zero-order valence-electron chi connectivity index (χ0n) is 19.8. The van der Waals surface area contributed by atoms with E-state index in [4.69, 9.17) is 4.74 Å². The van der Waals surface area contributed by atoms with Gasteiger partial charge in [-0.1, -0.05) is 20.8 Å². The molecule has 0 aromatic rings. The Bertz CT molecular complexity index is 684. The molecule has 1 N–H and O–H groups in total. The fraction of sp³-hybridized carbons (Fsp3) is 0.889. The van der Waals surface area contributed by atoms with Crippen LogP contribution in [0.5, 0.6) is 0 Å². The van der Waals surface area contributed by atoms with Crippen LogP contribution in [0.25, 0.3) is 0 Å². The second kappa shape index (κ2) is 8.26. The van der Waals surface area contributed by atoms with Gasteiger partial charge in [0.1, 0.15) is 5.78 Å². The van der Waals surface area contributed by atoms with Crippen molar-refractivity contribution in [1.82, 2.24) is 0 Å². The maximum Gasteiger partial charge on any atom is 0.135 e. The quantitative estimate of drug-likeness (QED) is 0.507. The lowest BCUT2D eigenvalue weighted by Crippen LogP contribution is -2.62. The van der Waals surface area contributed by atoms with Crippen LogP contribution < -0.4 is 0 Å². The van der Waals surface area contributed by atoms with Gasteiger partial charge in [-0.2, -0.15) is 0 Å². The van der Waals surface area contributed by atoms with E-state index in [1.165, 1.54) is 38.5 Å². The fourth-order valence-electron chi connectivity index (χ4n) is 8.66. The van der Waals surface area contributed by atoms with Gasteiger partial charge in [-0.25, -0.2) is 0 Å². The van der Waals surface area contributed by atoms with Gasteiger partial charge in [-0.05, 0) is 99.4 Å². The monoisotopic (exact) mass is 416 g/mol. The van der Waals surface area contributed by atoms with E-state index in [0.29, 0.717) is 24.2 Å². The second-order valence-corrected chi connectivity index (χ2v) is 11.6. The number of allylic oxidation sites excluding steroid dienone is 2. The Morgan fingerprint density at radius 2 is 1.93 bits per heavy atom. The first-order chi connectivity index (χ1) is 14.3. The van der Waals surface area contributed by atoms with E-state index in [0.717, 1.165) is 55.6 Å². The molecule has 4 saturated carbocycles. The van der Waals surface area contributed by atoms with Crippen molar-refractivity contribution in [2.75, 3.05) is 7.11 Å². The summed E-state index contributed by atoms with van der Waals surface area (Å²) in [6.07, 6.45) is 16.2. The molecule has 4 aliphatic carbocycles. The van der Waals surface area contributed by atoms with Crippen LogP contribution in [-0.2, 0) is 9.53 Å². The molecule has 0 aliphatic heterocycles. The summed E-state index contributed by atoms with van der Waals surface area (Å²) in [7, 11) is 1.80. The van der Waals surface area contributed by atoms with E-state index in [9.17, 15) is 9.90 Å². The molecular weight excluding hydrogens is 372 g/mol. The van der Waals surface area contributed by atoms with Crippen LogP contribution in [0.15, 0.2) is 11.8 Å². The molecule has 0 bridgehead atoms. The van der Waals surface area contributed by atoms with Crippen LogP contribution >= 0.6 is 0 Å². The van der Waals surface area contributed by atoms with Gasteiger partial charge in [0.2, 0.25) is 0 Å². The maximum atomic E-state index is 12.1. The molecule has 3 nitrogen and oxygen atoms in total. The molecule has 0 radical (unpaired) electrons. The summed E-state index contributed by atoms with van der Waals surface area (Å²) >= 11 is 0. The van der Waals surface area contributed by atoms with Crippen LogP contribution in [0.4, 0.5) is 0 Å². The van der Waals surface area contributed by atoms with Gasteiger partial charge in [-0.15, -0.1) is 0 Å². The number of carbonyl (C=O) groups is 1. The van der Waals surface area contributed by atoms with Crippen LogP contribution in [0, 0.1) is 34.5 Å². The lowest BCUT2D eigenvalue weighted by molar-refractivity contribution is -0.203. The lowest BCUT2D eigenvalue weighted by atomic mass is 9.43. The number of carbonyl (C=O) groups excluding carboxylic acids is 1. The molecule has 170 valence electrons. The highest BCUT2D eigenvalue weighted by atomic mass is 16.5. The minimum absolute atomic E-state index is 0.0540. The van der Waals surface area contributed by atoms with Gasteiger partial charge in [0.15, 0.2) is 0 Å². The second-order valence-electron chi connectivity index (χ2n) is 11.6. The number of rotatable bonds is 6. The third-order valence-electron chi connectivity index (χ3n) is 10.5. The van der Waals surface area contributed by atoms with E-state index < -0.39 is 5.60 Å². The predicted octanol–water partition coefficient (Wildman–Crippen LogP) is 6.44. The van der Waals surface area contributed by atoms with Crippen molar-refractivity contribution in [3.63, 3.8) is 0 Å². The molecule has 4 rings (SSSR count). The Morgan fingerprint density at radius 3 is 2.67 bits per heavy atom. The Kier molecular flexibility index (Phi) is 6.16. The molecule has 7 atom stereocenters. The summed E-state index contributed by atoms with van der Waals surface area (Å²) in [4.78, 5) is 12.1. The number of ether oxygens (including phenoxy) is 1. The minimum atomic E-state index is -0.739.